The third-order valence-electron chi connectivity index (χ3n) is 1.97. The van der Waals surface area contributed by atoms with E-state index < -0.39 is 12.8 Å². The quantitative estimate of drug-likeness (QED) is 0.804. The van der Waals surface area contributed by atoms with Crippen molar-refractivity contribution in [3.8, 4) is 0 Å². The molecule has 0 aromatic carbocycles. The molecule has 0 radical (unpaired) electrons. The summed E-state index contributed by atoms with van der Waals surface area (Å²) >= 11 is 1.87. The lowest BCUT2D eigenvalue weighted by molar-refractivity contribution is -0.177. The molecule has 0 bridgehead atoms. The molecule has 0 aliphatic heterocycles. The molecule has 0 saturated heterocycles. The number of ether oxygens (including phenoxy) is 1. The van der Waals surface area contributed by atoms with Crippen LogP contribution in [0.4, 0.5) is 13.2 Å². The van der Waals surface area contributed by atoms with Gasteiger partial charge in [-0.15, -0.1) is 0 Å². The third kappa shape index (κ3) is 4.92. The highest BCUT2D eigenvalue weighted by molar-refractivity contribution is 14.1. The largest absolute Gasteiger partial charge is 0.411 e. The van der Waals surface area contributed by atoms with Crippen LogP contribution in [0.3, 0.4) is 0 Å². The molecular formula is C10H12F3IN2O2. The van der Waals surface area contributed by atoms with Crippen LogP contribution in [0.15, 0.2) is 4.79 Å². The summed E-state index contributed by atoms with van der Waals surface area (Å²) in [5.41, 5.74) is 0.243. The fraction of sp³-hybridized carbons (Fsp3) is 0.600. The number of aryl methyl sites for hydroxylation is 1. The third-order valence-corrected chi connectivity index (χ3v) is 3.08. The summed E-state index contributed by atoms with van der Waals surface area (Å²) in [7, 11) is 0. The molecule has 0 unspecified atom stereocenters. The lowest BCUT2D eigenvalue weighted by Crippen LogP contribution is -2.21. The Morgan fingerprint density at radius 1 is 1.44 bits per heavy atom. The zero-order valence-corrected chi connectivity index (χ0v) is 11.8. The zero-order chi connectivity index (χ0) is 13.8. The monoisotopic (exact) mass is 376 g/mol. The summed E-state index contributed by atoms with van der Waals surface area (Å²) in [4.78, 5) is 18.0. The van der Waals surface area contributed by atoms with Crippen LogP contribution >= 0.6 is 22.6 Å². The van der Waals surface area contributed by atoms with Crippen LogP contribution < -0.4 is 5.56 Å². The Morgan fingerprint density at radius 2 is 2.11 bits per heavy atom. The van der Waals surface area contributed by atoms with E-state index in [1.165, 1.54) is 0 Å². The highest BCUT2D eigenvalue weighted by atomic mass is 127. The SMILES string of the molecule is CCCc1nc(COCC(F)(F)F)[nH]c(=O)c1I. The van der Waals surface area contributed by atoms with Crippen molar-refractivity contribution in [2.75, 3.05) is 6.61 Å². The van der Waals surface area contributed by atoms with E-state index in [1.54, 1.807) is 0 Å². The molecule has 1 aromatic heterocycles. The van der Waals surface area contributed by atoms with Crippen molar-refractivity contribution in [2.24, 2.45) is 0 Å². The second-order valence-electron chi connectivity index (χ2n) is 3.63. The Bertz CT molecular complexity index is 459. The smallest absolute Gasteiger partial charge is 0.364 e. The van der Waals surface area contributed by atoms with Gasteiger partial charge >= 0.3 is 6.18 Å². The highest BCUT2D eigenvalue weighted by Gasteiger charge is 2.27. The molecular weight excluding hydrogens is 364 g/mol. The standard InChI is InChI=1S/C10H12F3IN2O2/c1-2-3-6-8(14)9(17)16-7(15-6)4-18-5-10(11,12)13/h2-5H2,1H3,(H,15,16,17). The number of halogens is 4. The van der Waals surface area contributed by atoms with Gasteiger partial charge in [0.2, 0.25) is 0 Å². The summed E-state index contributed by atoms with van der Waals surface area (Å²) in [5, 5.41) is 0. The zero-order valence-electron chi connectivity index (χ0n) is 9.60. The number of nitrogens with one attached hydrogen (secondary N) is 1. The number of hydrogen-bond donors (Lipinski definition) is 1. The molecule has 1 heterocycles. The van der Waals surface area contributed by atoms with Gasteiger partial charge in [-0.1, -0.05) is 13.3 Å². The lowest BCUT2D eigenvalue weighted by Gasteiger charge is -2.08. The van der Waals surface area contributed by atoms with Crippen molar-refractivity contribution in [2.45, 2.75) is 32.5 Å². The first kappa shape index (κ1) is 15.4. The van der Waals surface area contributed by atoms with E-state index in [4.69, 9.17) is 0 Å². The molecule has 0 amide bonds. The van der Waals surface area contributed by atoms with Gasteiger partial charge in [-0.05, 0) is 29.0 Å². The maximum atomic E-state index is 11.9. The Morgan fingerprint density at radius 3 is 2.67 bits per heavy atom. The molecule has 0 fully saturated rings. The van der Waals surface area contributed by atoms with Gasteiger partial charge in [-0.3, -0.25) is 4.79 Å². The summed E-state index contributed by atoms with van der Waals surface area (Å²) in [6.45, 7) is 0.215. The molecule has 18 heavy (non-hydrogen) atoms. The average Bonchev–Trinajstić information content (AvgIpc) is 2.23. The molecule has 102 valence electrons. The Balaban J connectivity index is 2.75. The Labute approximate surface area is 115 Å². The first-order valence-corrected chi connectivity index (χ1v) is 6.33. The number of aromatic amines is 1. The minimum absolute atomic E-state index is 0.119. The molecule has 0 saturated carbocycles. The number of hydrogen-bond acceptors (Lipinski definition) is 3. The molecule has 4 nitrogen and oxygen atoms in total. The number of nitrogens with zero attached hydrogens (tertiary/aromatic N) is 1. The van der Waals surface area contributed by atoms with Crippen LogP contribution in [0, 0.1) is 3.57 Å². The number of alkyl halides is 3. The topological polar surface area (TPSA) is 55.0 Å². The van der Waals surface area contributed by atoms with Crippen molar-refractivity contribution in [1.82, 2.24) is 9.97 Å². The predicted octanol–water partition coefficient (Wildman–Crippen LogP) is 2.41. The first-order chi connectivity index (χ1) is 8.33. The van der Waals surface area contributed by atoms with Crippen LogP contribution in [0.1, 0.15) is 24.9 Å². The van der Waals surface area contributed by atoms with Gasteiger partial charge < -0.3 is 9.72 Å². The second kappa shape index (κ2) is 6.50. The van der Waals surface area contributed by atoms with Gasteiger partial charge in [0, 0.05) is 0 Å². The van der Waals surface area contributed by atoms with E-state index in [0.29, 0.717) is 15.7 Å². The fourth-order valence-electron chi connectivity index (χ4n) is 1.29. The molecule has 0 spiro atoms. The van der Waals surface area contributed by atoms with E-state index >= 15 is 0 Å². The maximum absolute atomic E-state index is 11.9. The average molecular weight is 376 g/mol. The summed E-state index contributed by atoms with van der Waals surface area (Å²) in [6, 6.07) is 0. The number of rotatable bonds is 5. The summed E-state index contributed by atoms with van der Waals surface area (Å²) in [6.07, 6.45) is -2.97. The van der Waals surface area contributed by atoms with E-state index in [0.717, 1.165) is 6.42 Å². The molecule has 8 heteroatoms. The van der Waals surface area contributed by atoms with Crippen LogP contribution in [-0.4, -0.2) is 22.8 Å². The number of H-pyrrole nitrogens is 1. The number of aromatic nitrogens is 2. The van der Waals surface area contributed by atoms with E-state index in [9.17, 15) is 18.0 Å². The van der Waals surface area contributed by atoms with Gasteiger partial charge in [0.05, 0.1) is 9.26 Å². The maximum Gasteiger partial charge on any atom is 0.411 e. The van der Waals surface area contributed by atoms with E-state index in [-0.39, 0.29) is 18.0 Å². The van der Waals surface area contributed by atoms with Crippen molar-refractivity contribution in [3.63, 3.8) is 0 Å². The van der Waals surface area contributed by atoms with E-state index in [2.05, 4.69) is 14.7 Å². The van der Waals surface area contributed by atoms with Crippen LogP contribution in [0.2, 0.25) is 0 Å². The van der Waals surface area contributed by atoms with Gasteiger partial charge in [0.15, 0.2) is 0 Å². The summed E-state index contributed by atoms with van der Waals surface area (Å²) in [5.74, 6) is 0.119. The second-order valence-corrected chi connectivity index (χ2v) is 4.71. The Kier molecular flexibility index (Phi) is 5.57. The molecule has 0 atom stereocenters. The van der Waals surface area contributed by atoms with Crippen molar-refractivity contribution in [3.05, 3.63) is 25.4 Å². The Hall–Kier alpha value is -0.640. The van der Waals surface area contributed by atoms with Gasteiger partial charge in [-0.25, -0.2) is 4.98 Å². The minimum atomic E-state index is -4.38. The van der Waals surface area contributed by atoms with Gasteiger partial charge in [0.25, 0.3) is 5.56 Å². The normalized spacial score (nSPS) is 11.8. The van der Waals surface area contributed by atoms with Crippen molar-refractivity contribution >= 4 is 22.6 Å². The minimum Gasteiger partial charge on any atom is -0.364 e. The van der Waals surface area contributed by atoms with E-state index in [1.807, 2.05) is 29.5 Å². The molecule has 1 rings (SSSR count). The first-order valence-electron chi connectivity index (χ1n) is 5.25. The van der Waals surface area contributed by atoms with Crippen LogP contribution in [0.5, 0.6) is 0 Å². The van der Waals surface area contributed by atoms with Crippen LogP contribution in [0.25, 0.3) is 0 Å². The molecule has 1 aromatic rings. The lowest BCUT2D eigenvalue weighted by atomic mass is 10.2. The van der Waals surface area contributed by atoms with Gasteiger partial charge in [0.1, 0.15) is 19.0 Å². The van der Waals surface area contributed by atoms with Crippen molar-refractivity contribution in [1.29, 1.82) is 0 Å². The molecule has 1 N–H and O–H groups in total. The van der Waals surface area contributed by atoms with Crippen LogP contribution in [-0.2, 0) is 17.8 Å². The molecule has 0 aliphatic rings. The highest BCUT2D eigenvalue weighted by Crippen LogP contribution is 2.15. The van der Waals surface area contributed by atoms with Crippen molar-refractivity contribution < 1.29 is 17.9 Å². The van der Waals surface area contributed by atoms with Gasteiger partial charge in [-0.2, -0.15) is 13.2 Å². The summed E-state index contributed by atoms with van der Waals surface area (Å²) < 4.78 is 40.6. The predicted molar refractivity (Wildman–Crippen MR) is 67.3 cm³/mol. The molecule has 0 aliphatic carbocycles. The fourth-order valence-corrected chi connectivity index (χ4v) is 1.82.